The monoisotopic (exact) mass is 376 g/mol. The van der Waals surface area contributed by atoms with Crippen LogP contribution < -0.4 is 5.32 Å². The minimum absolute atomic E-state index is 0.00577. The zero-order valence-corrected chi connectivity index (χ0v) is 15.5. The zero-order valence-electron chi connectivity index (χ0n) is 15.5. The van der Waals surface area contributed by atoms with Gasteiger partial charge in [-0.2, -0.15) is 5.26 Å². The van der Waals surface area contributed by atoms with Crippen molar-refractivity contribution in [2.24, 2.45) is 0 Å². The summed E-state index contributed by atoms with van der Waals surface area (Å²) >= 11 is 0. The van der Waals surface area contributed by atoms with Crippen LogP contribution in [0.2, 0.25) is 0 Å². The lowest BCUT2D eigenvalue weighted by Crippen LogP contribution is -2.50. The van der Waals surface area contributed by atoms with Crippen LogP contribution in [0.5, 0.6) is 0 Å². The predicted molar refractivity (Wildman–Crippen MR) is 104 cm³/mol. The summed E-state index contributed by atoms with van der Waals surface area (Å²) in [7, 11) is 0. The first kappa shape index (κ1) is 19.1. The highest BCUT2D eigenvalue weighted by Gasteiger charge is 2.23. The van der Waals surface area contributed by atoms with Crippen LogP contribution in [0.1, 0.15) is 33.2 Å². The molecule has 2 aromatic carbocycles. The third-order valence-corrected chi connectivity index (χ3v) is 4.63. The van der Waals surface area contributed by atoms with Crippen LogP contribution in [0.15, 0.2) is 48.5 Å². The van der Waals surface area contributed by atoms with Crippen molar-refractivity contribution < 1.29 is 14.4 Å². The molecule has 0 radical (unpaired) electrons. The van der Waals surface area contributed by atoms with Gasteiger partial charge in [0, 0.05) is 49.9 Å². The number of carbonyl (C=O) groups excluding carboxylic acids is 3. The number of hydrogen-bond acceptors (Lipinski definition) is 4. The smallest absolute Gasteiger partial charge is 0.255 e. The second-order valence-electron chi connectivity index (χ2n) is 6.53. The van der Waals surface area contributed by atoms with Crippen LogP contribution in [0.4, 0.5) is 5.69 Å². The molecule has 3 rings (SSSR count). The second-order valence-corrected chi connectivity index (χ2v) is 6.53. The number of nitrogens with one attached hydrogen (secondary N) is 1. The molecule has 0 aliphatic carbocycles. The summed E-state index contributed by atoms with van der Waals surface area (Å²) in [6.45, 7) is 3.48. The Kier molecular flexibility index (Phi) is 5.70. The van der Waals surface area contributed by atoms with Gasteiger partial charge in [-0.15, -0.1) is 0 Å². The summed E-state index contributed by atoms with van der Waals surface area (Å²) in [5.41, 5.74) is 1.75. The largest absolute Gasteiger partial charge is 0.339 e. The molecule has 1 fully saturated rings. The molecular formula is C21H20N4O3. The second kappa shape index (κ2) is 8.35. The van der Waals surface area contributed by atoms with E-state index >= 15 is 0 Å². The Morgan fingerprint density at radius 3 is 2.25 bits per heavy atom. The molecule has 0 aromatic heterocycles. The third kappa shape index (κ3) is 4.35. The molecule has 0 atom stereocenters. The Hall–Kier alpha value is -3.66. The number of anilines is 1. The molecular weight excluding hydrogens is 356 g/mol. The van der Waals surface area contributed by atoms with Crippen molar-refractivity contribution in [3.05, 3.63) is 65.2 Å². The Balaban J connectivity index is 1.69. The molecule has 1 aliphatic heterocycles. The molecule has 28 heavy (non-hydrogen) atoms. The average molecular weight is 376 g/mol. The number of benzene rings is 2. The van der Waals surface area contributed by atoms with Gasteiger partial charge in [-0.05, 0) is 36.4 Å². The summed E-state index contributed by atoms with van der Waals surface area (Å²) < 4.78 is 0. The minimum Gasteiger partial charge on any atom is -0.339 e. The van der Waals surface area contributed by atoms with Crippen LogP contribution in [0.3, 0.4) is 0 Å². The number of nitrogens with zero attached hydrogens (tertiary/aromatic N) is 3. The van der Waals surface area contributed by atoms with Gasteiger partial charge in [-0.3, -0.25) is 14.4 Å². The Morgan fingerprint density at radius 2 is 1.57 bits per heavy atom. The Bertz CT molecular complexity index is 956. The summed E-state index contributed by atoms with van der Waals surface area (Å²) in [5, 5.41) is 11.7. The lowest BCUT2D eigenvalue weighted by molar-refractivity contribution is -0.130. The fraction of sp³-hybridized carbons (Fsp3) is 0.238. The molecule has 1 N–H and O–H groups in total. The van der Waals surface area contributed by atoms with E-state index in [0.29, 0.717) is 48.6 Å². The third-order valence-electron chi connectivity index (χ3n) is 4.63. The number of carbonyl (C=O) groups is 3. The molecule has 0 bridgehead atoms. The van der Waals surface area contributed by atoms with E-state index in [1.165, 1.54) is 6.92 Å². The first-order chi connectivity index (χ1) is 13.5. The van der Waals surface area contributed by atoms with E-state index in [1.807, 2.05) is 6.07 Å². The van der Waals surface area contributed by atoms with Crippen molar-refractivity contribution in [1.29, 1.82) is 5.26 Å². The minimum atomic E-state index is -0.355. The molecule has 1 heterocycles. The molecule has 0 spiro atoms. The molecule has 7 heteroatoms. The highest BCUT2D eigenvalue weighted by atomic mass is 16.2. The van der Waals surface area contributed by atoms with Gasteiger partial charge in [0.25, 0.3) is 11.8 Å². The van der Waals surface area contributed by atoms with Gasteiger partial charge in [0.1, 0.15) is 0 Å². The number of piperazine rings is 1. The Labute approximate surface area is 163 Å². The fourth-order valence-electron chi connectivity index (χ4n) is 3.07. The zero-order chi connectivity index (χ0) is 20.1. The van der Waals surface area contributed by atoms with Crippen LogP contribution >= 0.6 is 0 Å². The van der Waals surface area contributed by atoms with Gasteiger partial charge in [0.15, 0.2) is 0 Å². The van der Waals surface area contributed by atoms with Crippen LogP contribution in [-0.2, 0) is 4.79 Å². The van der Waals surface area contributed by atoms with Crippen molar-refractivity contribution in [1.82, 2.24) is 9.80 Å². The van der Waals surface area contributed by atoms with E-state index in [1.54, 1.807) is 58.3 Å². The van der Waals surface area contributed by atoms with Crippen molar-refractivity contribution >= 4 is 23.4 Å². The normalized spacial score (nSPS) is 13.6. The van der Waals surface area contributed by atoms with E-state index in [2.05, 4.69) is 5.32 Å². The van der Waals surface area contributed by atoms with E-state index in [-0.39, 0.29) is 17.7 Å². The van der Waals surface area contributed by atoms with Gasteiger partial charge in [0.2, 0.25) is 5.91 Å². The molecule has 0 saturated carbocycles. The summed E-state index contributed by atoms with van der Waals surface area (Å²) in [6, 6.07) is 15.2. The maximum atomic E-state index is 12.7. The van der Waals surface area contributed by atoms with Gasteiger partial charge in [0.05, 0.1) is 11.6 Å². The van der Waals surface area contributed by atoms with E-state index < -0.39 is 0 Å². The lowest BCUT2D eigenvalue weighted by atomic mass is 10.1. The number of nitriles is 1. The SMILES string of the molecule is CC(=O)N1CCN(C(=O)c2cccc(C(=O)Nc3cccc(C#N)c3)c2)CC1. The fourth-order valence-corrected chi connectivity index (χ4v) is 3.07. The van der Waals surface area contributed by atoms with Gasteiger partial charge < -0.3 is 15.1 Å². The quantitative estimate of drug-likeness (QED) is 0.888. The van der Waals surface area contributed by atoms with Crippen molar-refractivity contribution in [3.8, 4) is 6.07 Å². The molecule has 0 unspecified atom stereocenters. The van der Waals surface area contributed by atoms with E-state index in [4.69, 9.17) is 5.26 Å². The molecule has 7 nitrogen and oxygen atoms in total. The van der Waals surface area contributed by atoms with Gasteiger partial charge in [-0.25, -0.2) is 0 Å². The first-order valence-corrected chi connectivity index (χ1v) is 8.94. The Morgan fingerprint density at radius 1 is 0.929 bits per heavy atom. The number of rotatable bonds is 3. The van der Waals surface area contributed by atoms with Crippen molar-refractivity contribution in [2.75, 3.05) is 31.5 Å². The summed E-state index contributed by atoms with van der Waals surface area (Å²) in [6.07, 6.45) is 0. The van der Waals surface area contributed by atoms with Crippen LogP contribution in [0.25, 0.3) is 0 Å². The van der Waals surface area contributed by atoms with Gasteiger partial charge in [-0.1, -0.05) is 12.1 Å². The van der Waals surface area contributed by atoms with Crippen LogP contribution in [0, 0.1) is 11.3 Å². The topological polar surface area (TPSA) is 93.5 Å². The maximum Gasteiger partial charge on any atom is 0.255 e. The van der Waals surface area contributed by atoms with E-state index in [9.17, 15) is 14.4 Å². The standard InChI is InChI=1S/C21H20N4O3/c1-15(26)24-8-10-25(11-9-24)21(28)18-6-3-5-17(13-18)20(27)23-19-7-2-4-16(12-19)14-22/h2-7,12-13H,8-11H2,1H3,(H,23,27). The average Bonchev–Trinajstić information content (AvgIpc) is 2.73. The number of amides is 3. The maximum absolute atomic E-state index is 12.7. The van der Waals surface area contributed by atoms with Crippen LogP contribution in [-0.4, -0.2) is 53.7 Å². The molecule has 142 valence electrons. The van der Waals surface area contributed by atoms with E-state index in [0.717, 1.165) is 0 Å². The van der Waals surface area contributed by atoms with Crippen molar-refractivity contribution in [3.63, 3.8) is 0 Å². The molecule has 1 aliphatic rings. The summed E-state index contributed by atoms with van der Waals surface area (Å²) in [4.78, 5) is 40.1. The highest BCUT2D eigenvalue weighted by molar-refractivity contribution is 6.06. The van der Waals surface area contributed by atoms with Gasteiger partial charge >= 0.3 is 0 Å². The molecule has 3 amide bonds. The summed E-state index contributed by atoms with van der Waals surface area (Å²) in [5.74, 6) is -0.512. The molecule has 1 saturated heterocycles. The highest BCUT2D eigenvalue weighted by Crippen LogP contribution is 2.15. The predicted octanol–water partition coefficient (Wildman–Crippen LogP) is 2.11. The lowest BCUT2D eigenvalue weighted by Gasteiger charge is -2.34. The number of hydrogen-bond donors (Lipinski definition) is 1. The molecule has 2 aromatic rings. The first-order valence-electron chi connectivity index (χ1n) is 8.94. The van der Waals surface area contributed by atoms with Crippen molar-refractivity contribution in [2.45, 2.75) is 6.92 Å².